The number of aliphatic imine (C=N–C) groups is 1. The van der Waals surface area contributed by atoms with Gasteiger partial charge in [-0.3, -0.25) is 4.99 Å². The number of aromatic nitrogens is 2. The molecule has 0 aliphatic heterocycles. The molecule has 0 atom stereocenters. The van der Waals surface area contributed by atoms with Gasteiger partial charge in [-0.05, 0) is 0 Å². The number of benzene rings is 1. The number of methoxy groups -OCH3 is 1. The third-order valence-electron chi connectivity index (χ3n) is 2.58. The molecule has 0 aliphatic rings. The van der Waals surface area contributed by atoms with Crippen molar-refractivity contribution in [3.63, 3.8) is 0 Å². The van der Waals surface area contributed by atoms with Crippen molar-refractivity contribution in [3.8, 4) is 5.88 Å². The van der Waals surface area contributed by atoms with Gasteiger partial charge in [0.15, 0.2) is 0 Å². The summed E-state index contributed by atoms with van der Waals surface area (Å²) >= 11 is 0. The second-order valence-electron chi connectivity index (χ2n) is 3.87. The largest absolute Gasteiger partial charge is 0.481 e. The maximum Gasteiger partial charge on any atom is 0.211 e. The zero-order valence-electron chi connectivity index (χ0n) is 10.5. The smallest absolute Gasteiger partial charge is 0.211 e. The zero-order valence-corrected chi connectivity index (χ0v) is 10.5. The van der Waals surface area contributed by atoms with E-state index in [9.17, 15) is 0 Å². The Hall–Kier alpha value is -2.30. The molecule has 0 unspecified atom stereocenters. The Bertz CT molecular complexity index is 545. The molecule has 0 aliphatic carbocycles. The van der Waals surface area contributed by atoms with Crippen LogP contribution in [0.1, 0.15) is 11.3 Å². The molecule has 0 fully saturated rings. The van der Waals surface area contributed by atoms with Crippen LogP contribution in [-0.2, 0) is 13.6 Å². The normalized spacial score (nSPS) is 11.6. The van der Waals surface area contributed by atoms with E-state index in [1.807, 2.05) is 43.4 Å². The highest BCUT2D eigenvalue weighted by molar-refractivity contribution is 5.97. The average Bonchev–Trinajstić information content (AvgIpc) is 2.77. The molecule has 5 heteroatoms. The summed E-state index contributed by atoms with van der Waals surface area (Å²) in [7, 11) is 3.44. The van der Waals surface area contributed by atoms with E-state index in [0.717, 1.165) is 11.3 Å². The van der Waals surface area contributed by atoms with Crippen LogP contribution in [0.5, 0.6) is 5.88 Å². The molecule has 0 bridgehead atoms. The van der Waals surface area contributed by atoms with Crippen molar-refractivity contribution in [1.82, 2.24) is 9.78 Å². The Balaban J connectivity index is 2.10. The zero-order chi connectivity index (χ0) is 13.0. The Morgan fingerprint density at radius 2 is 2.11 bits per heavy atom. The van der Waals surface area contributed by atoms with Crippen LogP contribution in [0.15, 0.2) is 41.4 Å². The second kappa shape index (κ2) is 5.35. The summed E-state index contributed by atoms with van der Waals surface area (Å²) in [6.07, 6.45) is 0. The van der Waals surface area contributed by atoms with Crippen molar-refractivity contribution < 1.29 is 4.74 Å². The maximum absolute atomic E-state index is 5.90. The van der Waals surface area contributed by atoms with Crippen molar-refractivity contribution in [1.29, 1.82) is 0 Å². The fourth-order valence-corrected chi connectivity index (χ4v) is 1.64. The molecule has 2 N–H and O–H groups in total. The van der Waals surface area contributed by atoms with Crippen LogP contribution in [0.2, 0.25) is 0 Å². The molecule has 0 radical (unpaired) electrons. The van der Waals surface area contributed by atoms with E-state index in [2.05, 4.69) is 10.1 Å². The minimum absolute atomic E-state index is 0.442. The molecule has 0 amide bonds. The number of hydrogen-bond acceptors (Lipinski definition) is 3. The number of ether oxygens (including phenoxy) is 1. The fraction of sp³-hybridized carbons (Fsp3) is 0.231. The van der Waals surface area contributed by atoms with E-state index in [0.29, 0.717) is 18.3 Å². The minimum atomic E-state index is 0.442. The molecule has 0 saturated carbocycles. The Morgan fingerprint density at radius 1 is 1.39 bits per heavy atom. The molecular weight excluding hydrogens is 228 g/mol. The molecule has 2 rings (SSSR count). The van der Waals surface area contributed by atoms with E-state index >= 15 is 0 Å². The van der Waals surface area contributed by atoms with Crippen LogP contribution < -0.4 is 10.5 Å². The van der Waals surface area contributed by atoms with Crippen molar-refractivity contribution in [2.45, 2.75) is 6.54 Å². The van der Waals surface area contributed by atoms with Gasteiger partial charge in [0.05, 0.1) is 19.3 Å². The van der Waals surface area contributed by atoms with Crippen molar-refractivity contribution in [3.05, 3.63) is 47.7 Å². The summed E-state index contributed by atoms with van der Waals surface area (Å²) in [6, 6.07) is 11.5. The number of nitrogens with two attached hydrogens (primary N) is 1. The minimum Gasteiger partial charge on any atom is -0.481 e. The van der Waals surface area contributed by atoms with Crippen molar-refractivity contribution in [2.75, 3.05) is 7.11 Å². The fourth-order valence-electron chi connectivity index (χ4n) is 1.64. The highest BCUT2D eigenvalue weighted by atomic mass is 16.5. The Morgan fingerprint density at radius 3 is 2.72 bits per heavy atom. The molecule has 94 valence electrons. The first kappa shape index (κ1) is 12.2. The summed E-state index contributed by atoms with van der Waals surface area (Å²) in [4.78, 5) is 4.32. The molecule has 0 saturated heterocycles. The van der Waals surface area contributed by atoms with Gasteiger partial charge in [-0.2, -0.15) is 5.10 Å². The van der Waals surface area contributed by atoms with E-state index in [1.54, 1.807) is 11.8 Å². The molecule has 5 nitrogen and oxygen atoms in total. The highest BCUT2D eigenvalue weighted by Crippen LogP contribution is 2.11. The van der Waals surface area contributed by atoms with E-state index in [1.165, 1.54) is 0 Å². The topological polar surface area (TPSA) is 65.4 Å². The van der Waals surface area contributed by atoms with Crippen LogP contribution >= 0.6 is 0 Å². The summed E-state index contributed by atoms with van der Waals surface area (Å²) in [5.74, 6) is 1.22. The average molecular weight is 244 g/mol. The maximum atomic E-state index is 5.90. The lowest BCUT2D eigenvalue weighted by molar-refractivity contribution is 0.373. The lowest BCUT2D eigenvalue weighted by atomic mass is 10.2. The summed E-state index contributed by atoms with van der Waals surface area (Å²) in [5, 5.41) is 4.28. The first-order chi connectivity index (χ1) is 8.70. The monoisotopic (exact) mass is 244 g/mol. The van der Waals surface area contributed by atoms with Gasteiger partial charge < -0.3 is 10.5 Å². The summed E-state index contributed by atoms with van der Waals surface area (Å²) < 4.78 is 6.81. The third kappa shape index (κ3) is 2.68. The van der Waals surface area contributed by atoms with Crippen LogP contribution in [-0.4, -0.2) is 22.7 Å². The molecule has 1 heterocycles. The van der Waals surface area contributed by atoms with Gasteiger partial charge in [0, 0.05) is 18.7 Å². The van der Waals surface area contributed by atoms with Gasteiger partial charge in [0.25, 0.3) is 0 Å². The Labute approximate surface area is 106 Å². The lowest BCUT2D eigenvalue weighted by Gasteiger charge is -1.99. The van der Waals surface area contributed by atoms with Crippen molar-refractivity contribution in [2.24, 2.45) is 17.8 Å². The number of hydrogen-bond donors (Lipinski definition) is 1. The van der Waals surface area contributed by atoms with Crippen LogP contribution in [0, 0.1) is 0 Å². The van der Waals surface area contributed by atoms with Gasteiger partial charge in [-0.15, -0.1) is 0 Å². The SMILES string of the molecule is COc1cc(CN=C(N)c2ccccc2)nn1C. The van der Waals surface area contributed by atoms with Gasteiger partial charge in [-0.25, -0.2) is 4.68 Å². The van der Waals surface area contributed by atoms with E-state index in [4.69, 9.17) is 10.5 Å². The number of nitrogens with zero attached hydrogens (tertiary/aromatic N) is 3. The molecule has 1 aromatic heterocycles. The summed E-state index contributed by atoms with van der Waals surface area (Å²) in [5.41, 5.74) is 7.65. The molecule has 1 aromatic carbocycles. The van der Waals surface area contributed by atoms with Crippen LogP contribution in [0.4, 0.5) is 0 Å². The molecule has 2 aromatic rings. The standard InChI is InChI=1S/C13H16N4O/c1-17-12(18-2)8-11(16-17)9-15-13(14)10-6-4-3-5-7-10/h3-8H,9H2,1-2H3,(H2,14,15). The Kier molecular flexibility index (Phi) is 3.62. The molecule has 18 heavy (non-hydrogen) atoms. The molecular formula is C13H16N4O. The predicted molar refractivity (Wildman–Crippen MR) is 70.6 cm³/mol. The predicted octanol–water partition coefficient (Wildman–Crippen LogP) is 1.33. The highest BCUT2D eigenvalue weighted by Gasteiger charge is 2.04. The van der Waals surface area contributed by atoms with Gasteiger partial charge >= 0.3 is 0 Å². The van der Waals surface area contributed by atoms with E-state index < -0.39 is 0 Å². The number of rotatable bonds is 4. The molecule has 0 spiro atoms. The summed E-state index contributed by atoms with van der Waals surface area (Å²) in [6.45, 7) is 0.442. The number of aryl methyl sites for hydroxylation is 1. The lowest BCUT2D eigenvalue weighted by Crippen LogP contribution is -2.13. The first-order valence-electron chi connectivity index (χ1n) is 5.63. The van der Waals surface area contributed by atoms with Gasteiger partial charge in [0.2, 0.25) is 5.88 Å². The van der Waals surface area contributed by atoms with Gasteiger partial charge in [-0.1, -0.05) is 30.3 Å². The van der Waals surface area contributed by atoms with Gasteiger partial charge in [0.1, 0.15) is 5.84 Å². The third-order valence-corrected chi connectivity index (χ3v) is 2.58. The second-order valence-corrected chi connectivity index (χ2v) is 3.87. The van der Waals surface area contributed by atoms with Crippen LogP contribution in [0.3, 0.4) is 0 Å². The first-order valence-corrected chi connectivity index (χ1v) is 5.63. The van der Waals surface area contributed by atoms with Crippen molar-refractivity contribution >= 4 is 5.84 Å². The van der Waals surface area contributed by atoms with Crippen LogP contribution in [0.25, 0.3) is 0 Å². The number of amidine groups is 1. The van der Waals surface area contributed by atoms with E-state index in [-0.39, 0.29) is 0 Å². The quantitative estimate of drug-likeness (QED) is 0.652.